The van der Waals surface area contributed by atoms with Gasteiger partial charge < -0.3 is 10.0 Å². The lowest BCUT2D eigenvalue weighted by molar-refractivity contribution is -0.140. The van der Waals surface area contributed by atoms with Crippen molar-refractivity contribution in [1.82, 2.24) is 4.90 Å². The number of benzene rings is 3. The number of carboxylic acids is 1. The maximum atomic E-state index is 13.7. The average molecular weight is 519 g/mol. The van der Waals surface area contributed by atoms with Crippen LogP contribution in [0.2, 0.25) is 10.0 Å². The van der Waals surface area contributed by atoms with E-state index in [2.05, 4.69) is 15.9 Å². The molecule has 0 bridgehead atoms. The highest BCUT2D eigenvalue weighted by Gasteiger charge is 2.46. The molecule has 0 aliphatic carbocycles. The van der Waals surface area contributed by atoms with Gasteiger partial charge in [0.25, 0.3) is 5.91 Å². The molecule has 1 heterocycles. The van der Waals surface area contributed by atoms with Crippen molar-refractivity contribution in [2.24, 2.45) is 0 Å². The summed E-state index contributed by atoms with van der Waals surface area (Å²) in [5.41, 5.74) is 2.29. The van der Waals surface area contributed by atoms with Gasteiger partial charge in [0.15, 0.2) is 0 Å². The van der Waals surface area contributed by atoms with E-state index >= 15 is 0 Å². The van der Waals surface area contributed by atoms with E-state index < -0.39 is 24.0 Å². The van der Waals surface area contributed by atoms with Crippen molar-refractivity contribution in [2.75, 3.05) is 0 Å². The van der Waals surface area contributed by atoms with Crippen molar-refractivity contribution >= 4 is 51.0 Å². The first kappa shape index (κ1) is 21.9. The van der Waals surface area contributed by atoms with Gasteiger partial charge in [-0.2, -0.15) is 0 Å². The number of carbonyl (C=O) groups excluding carboxylic acids is 1. The molecule has 4 rings (SSSR count). The second-order valence-corrected chi connectivity index (χ2v) is 9.22. The van der Waals surface area contributed by atoms with E-state index in [1.54, 1.807) is 47.4 Å². The SMILES string of the molecule is C[C@H](c1cccc(Br)c1)N1C(=O)c2ccccc2C(C(=O)O)C1c1ccc(Cl)cc1Cl. The van der Waals surface area contributed by atoms with Crippen molar-refractivity contribution in [2.45, 2.75) is 24.9 Å². The number of nitrogens with zero attached hydrogens (tertiary/aromatic N) is 1. The Morgan fingerprint density at radius 3 is 2.45 bits per heavy atom. The van der Waals surface area contributed by atoms with Gasteiger partial charge in [0.05, 0.1) is 12.1 Å². The number of halogens is 3. The molecule has 7 heteroatoms. The zero-order chi connectivity index (χ0) is 22.3. The number of fused-ring (bicyclic) bond motifs is 1. The van der Waals surface area contributed by atoms with Gasteiger partial charge in [-0.25, -0.2) is 0 Å². The van der Waals surface area contributed by atoms with Crippen LogP contribution in [0.1, 0.15) is 52.0 Å². The highest BCUT2D eigenvalue weighted by atomic mass is 79.9. The Bertz CT molecular complexity index is 1180. The third kappa shape index (κ3) is 3.98. The molecule has 1 amide bonds. The average Bonchev–Trinajstić information content (AvgIpc) is 2.73. The molecule has 0 saturated heterocycles. The van der Waals surface area contributed by atoms with Crippen LogP contribution >= 0.6 is 39.1 Å². The lowest BCUT2D eigenvalue weighted by atomic mass is 9.78. The van der Waals surface area contributed by atoms with Crippen LogP contribution in [0.4, 0.5) is 0 Å². The van der Waals surface area contributed by atoms with Gasteiger partial charge in [-0.1, -0.05) is 75.5 Å². The van der Waals surface area contributed by atoms with E-state index in [9.17, 15) is 14.7 Å². The molecule has 0 radical (unpaired) electrons. The van der Waals surface area contributed by atoms with Crippen molar-refractivity contribution in [3.63, 3.8) is 0 Å². The number of amides is 1. The molecule has 1 aliphatic heterocycles. The molecule has 3 atom stereocenters. The van der Waals surface area contributed by atoms with Crippen LogP contribution in [0, 0.1) is 0 Å². The standard InChI is InChI=1S/C24H18BrCl2NO3/c1-13(14-5-4-6-15(25)11-14)28-22(19-10-9-16(26)12-20(19)27)21(24(30)31)17-7-2-3-8-18(17)23(28)29/h2-13,21-22H,1H3,(H,30,31)/t13-,21?,22?/m1/s1. The second kappa shape index (κ2) is 8.65. The predicted molar refractivity (Wildman–Crippen MR) is 125 cm³/mol. The van der Waals surface area contributed by atoms with Gasteiger partial charge in [0.1, 0.15) is 5.92 Å². The smallest absolute Gasteiger partial charge is 0.313 e. The van der Waals surface area contributed by atoms with Crippen molar-refractivity contribution in [3.8, 4) is 0 Å². The molecule has 0 saturated carbocycles. The Morgan fingerprint density at radius 1 is 1.03 bits per heavy atom. The van der Waals surface area contributed by atoms with Crippen molar-refractivity contribution in [3.05, 3.63) is 104 Å². The summed E-state index contributed by atoms with van der Waals surface area (Å²) < 4.78 is 0.873. The molecule has 2 unspecified atom stereocenters. The fourth-order valence-corrected chi connectivity index (χ4v) is 5.18. The molecular formula is C24H18BrCl2NO3. The van der Waals surface area contributed by atoms with Gasteiger partial charge in [-0.15, -0.1) is 0 Å². The summed E-state index contributed by atoms with van der Waals surface area (Å²) in [6, 6.07) is 18.2. The summed E-state index contributed by atoms with van der Waals surface area (Å²) in [6.07, 6.45) is 0. The third-order valence-corrected chi connectivity index (χ3v) is 6.73. The summed E-state index contributed by atoms with van der Waals surface area (Å²) in [5.74, 6) is -2.25. The van der Waals surface area contributed by atoms with E-state index in [0.717, 1.165) is 10.0 Å². The number of hydrogen-bond acceptors (Lipinski definition) is 2. The molecule has 3 aromatic carbocycles. The van der Waals surface area contributed by atoms with Gasteiger partial charge in [-0.3, -0.25) is 9.59 Å². The van der Waals surface area contributed by atoms with Crippen LogP contribution in [0.15, 0.2) is 71.2 Å². The monoisotopic (exact) mass is 517 g/mol. The van der Waals surface area contributed by atoms with Crippen LogP contribution in [0.25, 0.3) is 0 Å². The van der Waals surface area contributed by atoms with E-state index in [1.807, 2.05) is 31.2 Å². The summed E-state index contributed by atoms with van der Waals surface area (Å²) in [4.78, 5) is 27.9. The van der Waals surface area contributed by atoms with Gasteiger partial charge in [0.2, 0.25) is 0 Å². The summed E-state index contributed by atoms with van der Waals surface area (Å²) >= 11 is 16.1. The minimum absolute atomic E-state index is 0.239. The van der Waals surface area contributed by atoms with Gasteiger partial charge in [0, 0.05) is 20.1 Å². The van der Waals surface area contributed by atoms with Crippen LogP contribution in [-0.4, -0.2) is 21.9 Å². The topological polar surface area (TPSA) is 57.6 Å². The Morgan fingerprint density at radius 2 is 1.77 bits per heavy atom. The highest BCUT2D eigenvalue weighted by molar-refractivity contribution is 9.10. The normalized spacial score (nSPS) is 19.1. The maximum absolute atomic E-state index is 13.7. The molecule has 3 aromatic rings. The molecule has 158 valence electrons. The van der Waals surface area contributed by atoms with E-state index in [4.69, 9.17) is 23.2 Å². The minimum atomic E-state index is -1.03. The number of rotatable bonds is 4. The zero-order valence-electron chi connectivity index (χ0n) is 16.4. The van der Waals surface area contributed by atoms with E-state index in [1.165, 1.54) is 0 Å². The first-order valence-corrected chi connectivity index (χ1v) is 11.2. The first-order chi connectivity index (χ1) is 14.8. The largest absolute Gasteiger partial charge is 0.481 e. The Balaban J connectivity index is 1.97. The number of hydrogen-bond donors (Lipinski definition) is 1. The second-order valence-electron chi connectivity index (χ2n) is 7.46. The van der Waals surface area contributed by atoms with Crippen LogP contribution in [0.3, 0.4) is 0 Å². The number of carbonyl (C=O) groups is 2. The van der Waals surface area contributed by atoms with Gasteiger partial charge in [-0.05, 0) is 53.9 Å². The van der Waals surface area contributed by atoms with Crippen LogP contribution in [-0.2, 0) is 4.79 Å². The fraction of sp³-hybridized carbons (Fsp3) is 0.167. The molecule has 1 N–H and O–H groups in total. The third-order valence-electron chi connectivity index (χ3n) is 5.67. The first-order valence-electron chi connectivity index (χ1n) is 9.64. The Labute approximate surface area is 198 Å². The molecule has 4 nitrogen and oxygen atoms in total. The van der Waals surface area contributed by atoms with E-state index in [0.29, 0.717) is 26.7 Å². The molecule has 0 fully saturated rings. The predicted octanol–water partition coefficient (Wildman–Crippen LogP) is 6.88. The van der Waals surface area contributed by atoms with Crippen molar-refractivity contribution in [1.29, 1.82) is 0 Å². The molecule has 31 heavy (non-hydrogen) atoms. The summed E-state index contributed by atoms with van der Waals surface area (Å²) in [5, 5.41) is 11.0. The summed E-state index contributed by atoms with van der Waals surface area (Å²) in [6.45, 7) is 1.89. The number of aliphatic carboxylic acids is 1. The molecular weight excluding hydrogens is 501 g/mol. The Hall–Kier alpha value is -2.34. The van der Waals surface area contributed by atoms with Gasteiger partial charge >= 0.3 is 5.97 Å². The minimum Gasteiger partial charge on any atom is -0.481 e. The molecule has 0 spiro atoms. The maximum Gasteiger partial charge on any atom is 0.313 e. The van der Waals surface area contributed by atoms with Crippen LogP contribution in [0.5, 0.6) is 0 Å². The number of carboxylic acid groups (broad SMARTS) is 1. The van der Waals surface area contributed by atoms with Crippen molar-refractivity contribution < 1.29 is 14.7 Å². The quantitative estimate of drug-likeness (QED) is 0.409. The van der Waals surface area contributed by atoms with E-state index in [-0.39, 0.29) is 5.91 Å². The summed E-state index contributed by atoms with van der Waals surface area (Å²) in [7, 11) is 0. The molecule has 1 aliphatic rings. The zero-order valence-corrected chi connectivity index (χ0v) is 19.5. The molecule has 0 aromatic heterocycles. The lowest BCUT2D eigenvalue weighted by Gasteiger charge is -2.44. The lowest BCUT2D eigenvalue weighted by Crippen LogP contribution is -2.46. The fourth-order valence-electron chi connectivity index (χ4n) is 4.24. The van der Waals surface area contributed by atoms with Crippen LogP contribution < -0.4 is 0 Å². The Kier molecular flexibility index (Phi) is 6.11. The highest BCUT2D eigenvalue weighted by Crippen LogP contribution is 2.48.